The second-order valence-electron chi connectivity index (χ2n) is 6.58. The number of carbonyl (C=O) groups excluding carboxylic acids is 3. The van der Waals surface area contributed by atoms with Crippen molar-refractivity contribution in [2.24, 2.45) is 0 Å². The largest absolute Gasteiger partial charge is 0.494 e. The molecule has 8 nitrogen and oxygen atoms in total. The molecule has 0 aliphatic heterocycles. The molecular weight excluding hydrogens is 386 g/mol. The minimum atomic E-state index is -0.622. The van der Waals surface area contributed by atoms with E-state index >= 15 is 0 Å². The van der Waals surface area contributed by atoms with Crippen molar-refractivity contribution in [1.29, 1.82) is 5.26 Å². The standard InChI is InChI=1S/C22H25N3O5/c1-5-30-17-9-7-16(8-10-17)25(12-6-11-23)19(27)13-18-20(22(28)29-4)14(2)21(24-18)15(3)26/h7-10,24H,5-6,12-13H2,1-4H3. The summed E-state index contributed by atoms with van der Waals surface area (Å²) in [5.41, 5.74) is 1.81. The molecule has 158 valence electrons. The minimum Gasteiger partial charge on any atom is -0.494 e. The molecule has 0 unspecified atom stereocenters. The molecule has 8 heteroatoms. The third-order valence-corrected chi connectivity index (χ3v) is 4.60. The summed E-state index contributed by atoms with van der Waals surface area (Å²) in [7, 11) is 1.24. The Labute approximate surface area is 175 Å². The zero-order valence-electron chi connectivity index (χ0n) is 17.6. The van der Waals surface area contributed by atoms with E-state index in [1.807, 2.05) is 13.0 Å². The van der Waals surface area contributed by atoms with Crippen LogP contribution in [0.5, 0.6) is 5.75 Å². The fraction of sp³-hybridized carbons (Fsp3) is 0.364. The molecule has 2 rings (SSSR count). The number of benzene rings is 1. The Kier molecular flexibility index (Phi) is 7.76. The van der Waals surface area contributed by atoms with Gasteiger partial charge in [-0.3, -0.25) is 9.59 Å². The molecule has 0 bridgehead atoms. The average Bonchev–Trinajstić information content (AvgIpc) is 3.05. The van der Waals surface area contributed by atoms with Gasteiger partial charge in [0.25, 0.3) is 0 Å². The molecule has 0 fully saturated rings. The lowest BCUT2D eigenvalue weighted by Gasteiger charge is -2.22. The summed E-state index contributed by atoms with van der Waals surface area (Å²) in [5, 5.41) is 8.98. The molecule has 0 spiro atoms. The van der Waals surface area contributed by atoms with E-state index in [1.54, 1.807) is 31.2 Å². The highest BCUT2D eigenvalue weighted by Crippen LogP contribution is 2.24. The molecule has 0 saturated heterocycles. The van der Waals surface area contributed by atoms with E-state index in [9.17, 15) is 14.4 Å². The highest BCUT2D eigenvalue weighted by atomic mass is 16.5. The Bertz CT molecular complexity index is 970. The van der Waals surface area contributed by atoms with E-state index in [0.29, 0.717) is 29.3 Å². The van der Waals surface area contributed by atoms with Crippen LogP contribution in [0.15, 0.2) is 24.3 Å². The normalized spacial score (nSPS) is 10.2. The van der Waals surface area contributed by atoms with Gasteiger partial charge >= 0.3 is 5.97 Å². The van der Waals surface area contributed by atoms with Gasteiger partial charge in [-0.1, -0.05) is 0 Å². The van der Waals surface area contributed by atoms with Crippen molar-refractivity contribution in [2.75, 3.05) is 25.2 Å². The first-order valence-corrected chi connectivity index (χ1v) is 9.54. The number of hydrogen-bond acceptors (Lipinski definition) is 6. The SMILES string of the molecule is CCOc1ccc(N(CCC#N)C(=O)Cc2[nH]c(C(C)=O)c(C)c2C(=O)OC)cc1. The van der Waals surface area contributed by atoms with Crippen LogP contribution in [0.25, 0.3) is 0 Å². The van der Waals surface area contributed by atoms with Gasteiger partial charge in [0, 0.05) is 24.8 Å². The van der Waals surface area contributed by atoms with Gasteiger partial charge in [-0.25, -0.2) is 4.79 Å². The van der Waals surface area contributed by atoms with E-state index < -0.39 is 5.97 Å². The molecule has 0 aliphatic carbocycles. The van der Waals surface area contributed by atoms with Crippen molar-refractivity contribution in [1.82, 2.24) is 4.98 Å². The van der Waals surface area contributed by atoms with E-state index in [2.05, 4.69) is 4.98 Å². The van der Waals surface area contributed by atoms with E-state index in [-0.39, 0.29) is 42.3 Å². The second-order valence-corrected chi connectivity index (χ2v) is 6.58. The van der Waals surface area contributed by atoms with Crippen molar-refractivity contribution < 1.29 is 23.9 Å². The number of Topliss-reactive ketones (excluding diaryl/α,β-unsaturated/α-hetero) is 1. The maximum absolute atomic E-state index is 13.1. The van der Waals surface area contributed by atoms with Crippen LogP contribution in [-0.2, 0) is 16.0 Å². The first-order chi connectivity index (χ1) is 14.3. The van der Waals surface area contributed by atoms with Crippen LogP contribution in [0.3, 0.4) is 0 Å². The molecule has 1 aromatic heterocycles. The van der Waals surface area contributed by atoms with Gasteiger partial charge in [0.05, 0.1) is 43.9 Å². The number of ether oxygens (including phenoxy) is 2. The predicted octanol–water partition coefficient (Wildman–Crippen LogP) is 3.20. The van der Waals surface area contributed by atoms with Crippen LogP contribution in [-0.4, -0.2) is 42.9 Å². The number of esters is 1. The van der Waals surface area contributed by atoms with Crippen molar-refractivity contribution in [3.63, 3.8) is 0 Å². The van der Waals surface area contributed by atoms with Crippen molar-refractivity contribution in [3.05, 3.63) is 46.8 Å². The molecule has 1 amide bonds. The third kappa shape index (κ3) is 5.06. The summed E-state index contributed by atoms with van der Waals surface area (Å²) < 4.78 is 10.3. The van der Waals surface area contributed by atoms with E-state index in [1.165, 1.54) is 18.9 Å². The molecule has 0 aliphatic rings. The number of anilines is 1. The van der Waals surface area contributed by atoms with Gasteiger partial charge in [-0.2, -0.15) is 5.26 Å². The molecule has 30 heavy (non-hydrogen) atoms. The van der Waals surface area contributed by atoms with Crippen molar-refractivity contribution >= 4 is 23.3 Å². The van der Waals surface area contributed by atoms with Crippen LogP contribution in [0.1, 0.15) is 52.4 Å². The fourth-order valence-electron chi connectivity index (χ4n) is 3.22. The number of nitrogens with zero attached hydrogens (tertiary/aromatic N) is 2. The monoisotopic (exact) mass is 411 g/mol. The predicted molar refractivity (Wildman–Crippen MR) is 111 cm³/mol. The summed E-state index contributed by atoms with van der Waals surface area (Å²) in [4.78, 5) is 41.6. The maximum Gasteiger partial charge on any atom is 0.339 e. The molecule has 0 radical (unpaired) electrons. The number of carbonyl (C=O) groups is 3. The second kappa shape index (κ2) is 10.3. The maximum atomic E-state index is 13.1. The Hall–Kier alpha value is -3.60. The number of methoxy groups -OCH3 is 1. The van der Waals surface area contributed by atoms with Gasteiger partial charge in [0.2, 0.25) is 5.91 Å². The first-order valence-electron chi connectivity index (χ1n) is 9.54. The van der Waals surface area contributed by atoms with Gasteiger partial charge < -0.3 is 19.4 Å². The first kappa shape index (κ1) is 22.7. The summed E-state index contributed by atoms with van der Waals surface area (Å²) in [6.45, 7) is 5.61. The third-order valence-electron chi connectivity index (χ3n) is 4.60. The van der Waals surface area contributed by atoms with Crippen LogP contribution in [0, 0.1) is 18.3 Å². The number of ketones is 1. The van der Waals surface area contributed by atoms with Crippen molar-refractivity contribution in [2.45, 2.75) is 33.6 Å². The van der Waals surface area contributed by atoms with Gasteiger partial charge in [-0.15, -0.1) is 0 Å². The fourth-order valence-corrected chi connectivity index (χ4v) is 3.22. The average molecular weight is 411 g/mol. The Morgan fingerprint density at radius 2 is 1.87 bits per heavy atom. The molecule has 1 N–H and O–H groups in total. The molecule has 0 saturated carbocycles. The van der Waals surface area contributed by atoms with Crippen LogP contribution < -0.4 is 9.64 Å². The number of nitrogens with one attached hydrogen (secondary N) is 1. The zero-order valence-corrected chi connectivity index (χ0v) is 17.6. The van der Waals surface area contributed by atoms with Gasteiger partial charge in [0.15, 0.2) is 5.78 Å². The zero-order chi connectivity index (χ0) is 22.3. The van der Waals surface area contributed by atoms with Gasteiger partial charge in [0.1, 0.15) is 5.75 Å². The molecule has 0 atom stereocenters. The van der Waals surface area contributed by atoms with E-state index in [0.717, 1.165) is 0 Å². The lowest BCUT2D eigenvalue weighted by Crippen LogP contribution is -2.33. The molecule has 1 heterocycles. The molecular formula is C22H25N3O5. The lowest BCUT2D eigenvalue weighted by molar-refractivity contribution is -0.118. The number of H-pyrrole nitrogens is 1. The quantitative estimate of drug-likeness (QED) is 0.501. The summed E-state index contributed by atoms with van der Waals surface area (Å²) >= 11 is 0. The smallest absolute Gasteiger partial charge is 0.339 e. The number of aromatic amines is 1. The van der Waals surface area contributed by atoms with Crippen LogP contribution >= 0.6 is 0 Å². The van der Waals surface area contributed by atoms with Crippen LogP contribution in [0.2, 0.25) is 0 Å². The number of rotatable bonds is 9. The van der Waals surface area contributed by atoms with E-state index in [4.69, 9.17) is 14.7 Å². The Morgan fingerprint density at radius 1 is 1.20 bits per heavy atom. The molecule has 1 aromatic carbocycles. The summed E-state index contributed by atoms with van der Waals surface area (Å²) in [6, 6.07) is 9.01. The number of nitriles is 1. The summed E-state index contributed by atoms with van der Waals surface area (Å²) in [5.74, 6) is -0.517. The highest BCUT2D eigenvalue weighted by Gasteiger charge is 2.26. The highest BCUT2D eigenvalue weighted by molar-refractivity contribution is 6.02. The molecule has 2 aromatic rings. The topological polar surface area (TPSA) is 112 Å². The van der Waals surface area contributed by atoms with Crippen molar-refractivity contribution in [3.8, 4) is 11.8 Å². The number of hydrogen-bond donors (Lipinski definition) is 1. The van der Waals surface area contributed by atoms with Gasteiger partial charge in [-0.05, 0) is 43.7 Å². The lowest BCUT2D eigenvalue weighted by atomic mass is 10.1. The number of amides is 1. The summed E-state index contributed by atoms with van der Waals surface area (Å²) in [6.07, 6.45) is -0.0115. The number of aromatic nitrogens is 1. The Morgan fingerprint density at radius 3 is 2.40 bits per heavy atom. The minimum absolute atomic E-state index is 0.144. The Balaban J connectivity index is 2.38. The van der Waals surface area contributed by atoms with Crippen LogP contribution in [0.4, 0.5) is 5.69 Å².